The van der Waals surface area contributed by atoms with Gasteiger partial charge in [0.05, 0.1) is 18.2 Å². The number of hydrogen-bond donors (Lipinski definition) is 0. The first kappa shape index (κ1) is 25.3. The van der Waals surface area contributed by atoms with Crippen LogP contribution in [0.25, 0.3) is 17.0 Å². The molecular weight excluding hydrogens is 462 g/mol. The van der Waals surface area contributed by atoms with Gasteiger partial charge in [0, 0.05) is 18.5 Å². The zero-order chi connectivity index (χ0) is 26.2. The second-order valence-corrected chi connectivity index (χ2v) is 11.4. The molecule has 2 aliphatic rings. The third kappa shape index (κ3) is 5.49. The van der Waals surface area contributed by atoms with Crippen molar-refractivity contribution in [2.24, 2.45) is 0 Å². The summed E-state index contributed by atoms with van der Waals surface area (Å²) < 4.78 is 11.7. The first-order valence-corrected chi connectivity index (χ1v) is 13.2. The topological polar surface area (TPSA) is 54.9 Å². The second kappa shape index (κ2) is 9.82. The average molecular weight is 500 g/mol. The molecule has 5 rings (SSSR count). The second-order valence-electron chi connectivity index (χ2n) is 11.4. The van der Waals surface area contributed by atoms with E-state index in [9.17, 15) is 4.79 Å². The maximum Gasteiger partial charge on any atom is 0.413 e. The molecule has 0 radical (unpaired) electrons. The molecule has 6 nitrogen and oxygen atoms in total. The summed E-state index contributed by atoms with van der Waals surface area (Å²) in [6, 6.07) is 18.9. The molecule has 0 aliphatic carbocycles. The monoisotopic (exact) mass is 499 g/mol. The molecule has 1 saturated heterocycles. The van der Waals surface area contributed by atoms with Gasteiger partial charge in [-0.05, 0) is 76.3 Å². The Morgan fingerprint density at radius 3 is 2.62 bits per heavy atom. The van der Waals surface area contributed by atoms with E-state index < -0.39 is 11.3 Å². The molecule has 3 heterocycles. The van der Waals surface area contributed by atoms with E-state index >= 15 is 0 Å². The molecule has 0 spiro atoms. The van der Waals surface area contributed by atoms with Crippen molar-refractivity contribution >= 4 is 28.9 Å². The molecule has 0 N–H and O–H groups in total. The van der Waals surface area contributed by atoms with Gasteiger partial charge in [0.15, 0.2) is 0 Å². The van der Waals surface area contributed by atoms with Gasteiger partial charge in [-0.25, -0.2) is 9.78 Å². The summed E-state index contributed by atoms with van der Waals surface area (Å²) in [5.41, 5.74) is 3.51. The summed E-state index contributed by atoms with van der Waals surface area (Å²) in [4.78, 5) is 22.2. The van der Waals surface area contributed by atoms with Crippen molar-refractivity contribution in [2.45, 2.75) is 71.4 Å². The highest BCUT2D eigenvalue weighted by Gasteiger charge is 2.44. The number of ether oxygens (including phenoxy) is 2. The Balaban J connectivity index is 1.47. The highest BCUT2D eigenvalue weighted by molar-refractivity contribution is 5.89. The quantitative estimate of drug-likeness (QED) is 0.408. The molecule has 2 aliphatic heterocycles. The maximum absolute atomic E-state index is 13.1. The Kier molecular flexibility index (Phi) is 6.71. The minimum atomic E-state index is -0.748. The van der Waals surface area contributed by atoms with E-state index in [2.05, 4.69) is 59.5 Å². The van der Waals surface area contributed by atoms with Crippen molar-refractivity contribution in [3.8, 4) is 0 Å². The number of carbonyl (C=O) groups is 1. The van der Waals surface area contributed by atoms with Crippen LogP contribution >= 0.6 is 0 Å². The molecule has 3 aromatic rings. The summed E-state index contributed by atoms with van der Waals surface area (Å²) in [5.74, 6) is 0.974. The molecule has 0 saturated carbocycles. The number of anilines is 1. The molecule has 0 unspecified atom stereocenters. The summed E-state index contributed by atoms with van der Waals surface area (Å²) >= 11 is 0. The van der Waals surface area contributed by atoms with Gasteiger partial charge in [0.25, 0.3) is 0 Å². The summed E-state index contributed by atoms with van der Waals surface area (Å²) in [7, 11) is 0. The largest absolute Gasteiger partial charge is 0.444 e. The molecule has 1 aromatic heterocycles. The predicted molar refractivity (Wildman–Crippen MR) is 148 cm³/mol. The lowest BCUT2D eigenvalue weighted by molar-refractivity contribution is -0.0610. The molecule has 6 heteroatoms. The Labute approximate surface area is 219 Å². The van der Waals surface area contributed by atoms with E-state index in [1.807, 2.05) is 46.8 Å². The Morgan fingerprint density at radius 1 is 1.11 bits per heavy atom. The van der Waals surface area contributed by atoms with Gasteiger partial charge in [-0.15, -0.1) is 0 Å². The number of fused-ring (bicyclic) bond motifs is 2. The number of nitrogens with zero attached hydrogens (tertiary/aromatic N) is 3. The number of aryl methyl sites for hydroxylation is 1. The van der Waals surface area contributed by atoms with Crippen molar-refractivity contribution in [3.63, 3.8) is 0 Å². The zero-order valence-electron chi connectivity index (χ0n) is 22.5. The van der Waals surface area contributed by atoms with Crippen LogP contribution in [0, 0.1) is 0 Å². The van der Waals surface area contributed by atoms with Crippen molar-refractivity contribution in [3.05, 3.63) is 77.4 Å². The number of aromatic nitrogens is 1. The first-order chi connectivity index (χ1) is 17.6. The highest BCUT2D eigenvalue weighted by Crippen LogP contribution is 2.32. The minimum Gasteiger partial charge on any atom is -0.444 e. The highest BCUT2D eigenvalue weighted by atomic mass is 16.6. The molecular formula is C31H37N3O3. The van der Waals surface area contributed by atoms with Crippen LogP contribution in [-0.2, 0) is 22.4 Å². The van der Waals surface area contributed by atoms with Crippen LogP contribution in [0.4, 0.5) is 10.6 Å². The number of rotatable bonds is 3. The van der Waals surface area contributed by atoms with E-state index in [0.29, 0.717) is 6.61 Å². The summed E-state index contributed by atoms with van der Waals surface area (Å²) in [6.45, 7) is 11.7. The fourth-order valence-electron chi connectivity index (χ4n) is 5.24. The number of carbonyl (C=O) groups excluding carboxylic acids is 1. The lowest BCUT2D eigenvalue weighted by Gasteiger charge is -2.34. The van der Waals surface area contributed by atoms with Crippen LogP contribution < -0.4 is 4.90 Å². The predicted octanol–water partition coefficient (Wildman–Crippen LogP) is 6.57. The van der Waals surface area contributed by atoms with Gasteiger partial charge in [0.1, 0.15) is 17.1 Å². The molecule has 194 valence electrons. The van der Waals surface area contributed by atoms with E-state index in [1.165, 1.54) is 11.1 Å². The first-order valence-electron chi connectivity index (χ1n) is 13.2. The van der Waals surface area contributed by atoms with Gasteiger partial charge >= 0.3 is 6.09 Å². The fourth-order valence-corrected chi connectivity index (χ4v) is 5.24. The van der Waals surface area contributed by atoms with Gasteiger partial charge in [-0.1, -0.05) is 54.6 Å². The Morgan fingerprint density at radius 2 is 1.84 bits per heavy atom. The molecule has 0 bridgehead atoms. The van der Waals surface area contributed by atoms with Crippen molar-refractivity contribution in [2.75, 3.05) is 18.1 Å². The number of para-hydroxylation sites is 1. The van der Waals surface area contributed by atoms with E-state index in [0.717, 1.165) is 48.2 Å². The third-order valence-electron chi connectivity index (χ3n) is 7.02. The van der Waals surface area contributed by atoms with Crippen LogP contribution in [-0.4, -0.2) is 46.5 Å². The van der Waals surface area contributed by atoms with Gasteiger partial charge in [-0.2, -0.15) is 0 Å². The normalized spacial score (nSPS) is 19.8. The summed E-state index contributed by atoms with van der Waals surface area (Å²) in [5, 5.41) is 1.08. The zero-order valence-corrected chi connectivity index (χ0v) is 22.5. The van der Waals surface area contributed by atoms with Crippen molar-refractivity contribution in [1.29, 1.82) is 0 Å². The van der Waals surface area contributed by atoms with E-state index in [4.69, 9.17) is 14.5 Å². The molecule has 2 aromatic carbocycles. The van der Waals surface area contributed by atoms with Crippen LogP contribution in [0.15, 0.2) is 60.7 Å². The average Bonchev–Trinajstić information content (AvgIpc) is 3.00. The SMILES string of the molecule is CC(C)(C)OC(=O)N1[C@@H](/C=C/c2cc(N3CCCc4ccccc4C3)nc3ccccc23)COC1(C)C. The van der Waals surface area contributed by atoms with Crippen LogP contribution in [0.1, 0.15) is 57.7 Å². The fraction of sp³-hybridized carbons (Fsp3) is 0.419. The Bertz CT molecular complexity index is 1320. The lowest BCUT2D eigenvalue weighted by atomic mass is 10.0. The maximum atomic E-state index is 13.1. The number of amides is 1. The number of pyridine rings is 1. The van der Waals surface area contributed by atoms with E-state index in [-0.39, 0.29) is 12.1 Å². The molecule has 1 amide bonds. The smallest absolute Gasteiger partial charge is 0.413 e. The minimum absolute atomic E-state index is 0.231. The van der Waals surface area contributed by atoms with Crippen LogP contribution in [0.5, 0.6) is 0 Å². The van der Waals surface area contributed by atoms with Crippen LogP contribution in [0.3, 0.4) is 0 Å². The van der Waals surface area contributed by atoms with E-state index in [1.54, 1.807) is 4.90 Å². The number of benzene rings is 2. The summed E-state index contributed by atoms with van der Waals surface area (Å²) in [6.07, 6.45) is 5.97. The van der Waals surface area contributed by atoms with Gasteiger partial charge in [-0.3, -0.25) is 4.90 Å². The third-order valence-corrected chi connectivity index (χ3v) is 7.02. The lowest BCUT2D eigenvalue weighted by Crippen LogP contribution is -2.49. The Hall–Kier alpha value is -3.38. The molecule has 1 atom stereocenters. The van der Waals surface area contributed by atoms with Crippen molar-refractivity contribution < 1.29 is 14.3 Å². The van der Waals surface area contributed by atoms with Crippen LogP contribution in [0.2, 0.25) is 0 Å². The molecule has 1 fully saturated rings. The van der Waals surface area contributed by atoms with Crippen molar-refractivity contribution in [1.82, 2.24) is 9.88 Å². The van der Waals surface area contributed by atoms with Gasteiger partial charge in [0.2, 0.25) is 0 Å². The standard InChI is InChI=1S/C31H37N3O3/c1-30(2,3)37-29(35)34-25(21-36-31(34,4)5)17-16-23-19-28(32-27-15-9-8-14-26(23)27)33-18-10-13-22-11-6-7-12-24(22)20-33/h6-9,11-12,14-17,19,25H,10,13,18,20-21H2,1-5H3/b17-16+/t25-/m0/s1. The molecule has 37 heavy (non-hydrogen) atoms. The van der Waals surface area contributed by atoms with Gasteiger partial charge < -0.3 is 14.4 Å². The number of hydrogen-bond acceptors (Lipinski definition) is 5.